The summed E-state index contributed by atoms with van der Waals surface area (Å²) in [5.41, 5.74) is -1.74. The maximum atomic E-state index is 13.4. The molecule has 0 aliphatic rings. The highest BCUT2D eigenvalue weighted by Gasteiger charge is 2.35. The van der Waals surface area contributed by atoms with Crippen LogP contribution in [0.15, 0.2) is 59.5 Å². The zero-order chi connectivity index (χ0) is 27.2. The number of methoxy groups -OCH3 is 1. The van der Waals surface area contributed by atoms with Crippen LogP contribution in [-0.2, 0) is 24.7 Å². The lowest BCUT2D eigenvalue weighted by atomic mass is 9.74. The first-order valence-corrected chi connectivity index (χ1v) is 11.9. The highest BCUT2D eigenvalue weighted by Crippen LogP contribution is 2.38. The molecular weight excluding hydrogens is 487 g/mol. The third-order valence-corrected chi connectivity index (χ3v) is 6.45. The molecule has 0 saturated carbocycles. The fourth-order valence-electron chi connectivity index (χ4n) is 4.38. The van der Waals surface area contributed by atoms with Crippen LogP contribution in [0.5, 0.6) is 11.5 Å². The number of hydrogen-bond acceptors (Lipinski definition) is 5. The van der Waals surface area contributed by atoms with Crippen molar-refractivity contribution >= 4 is 5.91 Å². The molecule has 0 saturated heterocycles. The quantitative estimate of drug-likeness (QED) is 0.392. The SMILES string of the molecule is CCCC(CC)(Cn1cc(O)c(=O)c(C(=O)NCc2ccc(OC)cc2)n1)c1cccc(C(F)(F)F)c1. The van der Waals surface area contributed by atoms with Gasteiger partial charge in [-0.2, -0.15) is 18.3 Å². The molecule has 0 spiro atoms. The van der Waals surface area contributed by atoms with Gasteiger partial charge in [0.1, 0.15) is 5.75 Å². The van der Waals surface area contributed by atoms with Gasteiger partial charge in [-0.05, 0) is 42.2 Å². The smallest absolute Gasteiger partial charge is 0.416 e. The molecule has 0 fully saturated rings. The van der Waals surface area contributed by atoms with E-state index in [2.05, 4.69) is 10.4 Å². The van der Waals surface area contributed by atoms with E-state index in [4.69, 9.17) is 4.74 Å². The van der Waals surface area contributed by atoms with E-state index in [1.54, 1.807) is 30.3 Å². The summed E-state index contributed by atoms with van der Waals surface area (Å²) in [6.07, 6.45) is -1.72. The zero-order valence-corrected chi connectivity index (χ0v) is 20.9. The van der Waals surface area contributed by atoms with Crippen LogP contribution in [0.4, 0.5) is 13.2 Å². The lowest BCUT2D eigenvalue weighted by molar-refractivity contribution is -0.137. The molecule has 2 N–H and O–H groups in total. The van der Waals surface area contributed by atoms with Crippen LogP contribution < -0.4 is 15.5 Å². The maximum Gasteiger partial charge on any atom is 0.416 e. The standard InChI is InChI=1S/C27H30F3N3O4/c1-4-13-26(5-2,19-7-6-8-20(14-19)27(28,29)30)17-33-16-22(34)24(35)23(32-33)25(36)31-15-18-9-11-21(37-3)12-10-18/h6-12,14,16,34H,4-5,13,15,17H2,1-3H3,(H,31,36). The van der Waals surface area contributed by atoms with E-state index in [0.29, 0.717) is 30.6 Å². The molecule has 1 aromatic heterocycles. The van der Waals surface area contributed by atoms with Crippen molar-refractivity contribution in [2.45, 2.75) is 57.8 Å². The minimum atomic E-state index is -4.50. The summed E-state index contributed by atoms with van der Waals surface area (Å²) in [6, 6.07) is 12.1. The number of aromatic hydroxyl groups is 1. The Morgan fingerprint density at radius 2 is 1.78 bits per heavy atom. The molecule has 0 aliphatic carbocycles. The van der Waals surface area contributed by atoms with E-state index >= 15 is 0 Å². The first kappa shape index (κ1) is 27.8. The van der Waals surface area contributed by atoms with Gasteiger partial charge < -0.3 is 15.2 Å². The van der Waals surface area contributed by atoms with Crippen molar-refractivity contribution in [1.29, 1.82) is 0 Å². The summed E-state index contributed by atoms with van der Waals surface area (Å²) in [5, 5.41) is 17.1. The fraction of sp³-hybridized carbons (Fsp3) is 0.370. The van der Waals surface area contributed by atoms with Gasteiger partial charge in [0, 0.05) is 12.0 Å². The van der Waals surface area contributed by atoms with Gasteiger partial charge in [-0.25, -0.2) is 0 Å². The molecular formula is C27H30F3N3O4. The number of ether oxygens (including phenoxy) is 1. The number of benzene rings is 2. The fourth-order valence-corrected chi connectivity index (χ4v) is 4.38. The molecule has 1 unspecified atom stereocenters. The van der Waals surface area contributed by atoms with Gasteiger partial charge in [-0.15, -0.1) is 0 Å². The first-order valence-electron chi connectivity index (χ1n) is 11.9. The Balaban J connectivity index is 1.92. The van der Waals surface area contributed by atoms with Gasteiger partial charge in [0.15, 0.2) is 11.4 Å². The van der Waals surface area contributed by atoms with Gasteiger partial charge in [-0.1, -0.05) is 50.6 Å². The molecule has 1 amide bonds. The van der Waals surface area contributed by atoms with Crippen molar-refractivity contribution in [3.05, 3.63) is 87.3 Å². The average molecular weight is 518 g/mol. The van der Waals surface area contributed by atoms with Gasteiger partial charge in [-0.3, -0.25) is 14.3 Å². The van der Waals surface area contributed by atoms with E-state index in [1.165, 1.54) is 17.9 Å². The predicted molar refractivity (Wildman–Crippen MR) is 133 cm³/mol. The largest absolute Gasteiger partial charge is 0.503 e. The van der Waals surface area contributed by atoms with Crippen molar-refractivity contribution < 1.29 is 27.8 Å². The normalized spacial score (nSPS) is 13.1. The van der Waals surface area contributed by atoms with Crippen LogP contribution in [0.1, 0.15) is 60.3 Å². The minimum absolute atomic E-state index is 0.0608. The summed E-state index contributed by atoms with van der Waals surface area (Å²) in [5.74, 6) is -0.794. The van der Waals surface area contributed by atoms with Crippen LogP contribution in [0.25, 0.3) is 0 Å². The summed E-state index contributed by atoms with van der Waals surface area (Å²) >= 11 is 0. The number of nitrogens with one attached hydrogen (secondary N) is 1. The van der Waals surface area contributed by atoms with E-state index in [9.17, 15) is 27.9 Å². The topological polar surface area (TPSA) is 93.5 Å². The highest BCUT2D eigenvalue weighted by molar-refractivity contribution is 5.92. The van der Waals surface area contributed by atoms with Crippen molar-refractivity contribution in [1.82, 2.24) is 15.1 Å². The third kappa shape index (κ3) is 6.49. The summed E-state index contributed by atoms with van der Waals surface area (Å²) in [7, 11) is 1.54. The molecule has 198 valence electrons. The Morgan fingerprint density at radius 1 is 1.11 bits per heavy atom. The van der Waals surface area contributed by atoms with Gasteiger partial charge >= 0.3 is 6.18 Å². The van der Waals surface area contributed by atoms with E-state index < -0.39 is 39.9 Å². The predicted octanol–water partition coefficient (Wildman–Crippen LogP) is 5.05. The number of aromatic nitrogens is 2. The Bertz CT molecular complexity index is 1290. The number of nitrogens with zero attached hydrogens (tertiary/aromatic N) is 2. The summed E-state index contributed by atoms with van der Waals surface area (Å²) in [4.78, 5) is 25.3. The van der Waals surface area contributed by atoms with Crippen molar-refractivity contribution in [3.63, 3.8) is 0 Å². The number of hydrogen-bond donors (Lipinski definition) is 2. The van der Waals surface area contributed by atoms with Crippen LogP contribution in [0.3, 0.4) is 0 Å². The molecule has 1 heterocycles. The van der Waals surface area contributed by atoms with Gasteiger partial charge in [0.25, 0.3) is 11.3 Å². The number of rotatable bonds is 10. The monoisotopic (exact) mass is 517 g/mol. The Labute approximate surface area is 212 Å². The molecule has 0 radical (unpaired) electrons. The van der Waals surface area contributed by atoms with Crippen LogP contribution in [0, 0.1) is 0 Å². The zero-order valence-electron chi connectivity index (χ0n) is 20.9. The van der Waals surface area contributed by atoms with Gasteiger partial charge in [0.2, 0.25) is 0 Å². The number of carbonyl (C=O) groups excluding carboxylic acids is 1. The van der Waals surface area contributed by atoms with Crippen LogP contribution in [0.2, 0.25) is 0 Å². The second kappa shape index (κ2) is 11.5. The number of amides is 1. The van der Waals surface area contributed by atoms with E-state index in [-0.39, 0.29) is 13.1 Å². The molecule has 2 aromatic carbocycles. The molecule has 37 heavy (non-hydrogen) atoms. The lowest BCUT2D eigenvalue weighted by Crippen LogP contribution is -2.35. The lowest BCUT2D eigenvalue weighted by Gasteiger charge is -2.34. The van der Waals surface area contributed by atoms with Crippen molar-refractivity contribution in [2.24, 2.45) is 0 Å². The molecule has 3 aromatic rings. The molecule has 10 heteroatoms. The second-order valence-electron chi connectivity index (χ2n) is 8.88. The van der Waals surface area contributed by atoms with Gasteiger partial charge in [0.05, 0.1) is 25.4 Å². The first-order chi connectivity index (χ1) is 17.5. The van der Waals surface area contributed by atoms with Crippen molar-refractivity contribution in [3.8, 4) is 11.5 Å². The molecule has 3 rings (SSSR count). The minimum Gasteiger partial charge on any atom is -0.503 e. The van der Waals surface area contributed by atoms with Crippen LogP contribution >= 0.6 is 0 Å². The molecule has 1 atom stereocenters. The Kier molecular flexibility index (Phi) is 8.62. The van der Waals surface area contributed by atoms with E-state index in [0.717, 1.165) is 23.9 Å². The summed E-state index contributed by atoms with van der Waals surface area (Å²) in [6.45, 7) is 3.96. The molecule has 7 nitrogen and oxygen atoms in total. The number of alkyl halides is 3. The second-order valence-corrected chi connectivity index (χ2v) is 8.88. The van der Waals surface area contributed by atoms with Crippen LogP contribution in [-0.4, -0.2) is 27.9 Å². The average Bonchev–Trinajstić information content (AvgIpc) is 2.88. The van der Waals surface area contributed by atoms with Crippen molar-refractivity contribution in [2.75, 3.05) is 7.11 Å². The highest BCUT2D eigenvalue weighted by atomic mass is 19.4. The Morgan fingerprint density at radius 3 is 2.38 bits per heavy atom. The molecule has 0 aliphatic heterocycles. The number of carbonyl (C=O) groups is 1. The summed E-state index contributed by atoms with van der Waals surface area (Å²) < 4.78 is 46.6. The third-order valence-electron chi connectivity index (χ3n) is 6.45. The molecule has 0 bridgehead atoms. The Hall–Kier alpha value is -3.82. The van der Waals surface area contributed by atoms with E-state index in [1.807, 2.05) is 13.8 Å². The number of halogens is 3. The maximum absolute atomic E-state index is 13.4.